The largest absolute Gasteiger partial charge is 0.367 e. The summed E-state index contributed by atoms with van der Waals surface area (Å²) < 4.78 is 26.4. The molecule has 1 saturated heterocycles. The molecular weight excluding hydrogens is 298 g/mol. The highest BCUT2D eigenvalue weighted by molar-refractivity contribution is 7.89. The Labute approximate surface area is 133 Å². The molecule has 0 unspecified atom stereocenters. The molecule has 122 valence electrons. The van der Waals surface area contributed by atoms with Gasteiger partial charge in [-0.1, -0.05) is 6.92 Å². The maximum atomic E-state index is 12.4. The van der Waals surface area contributed by atoms with E-state index in [0.29, 0.717) is 24.0 Å². The Kier molecular flexibility index (Phi) is 4.68. The van der Waals surface area contributed by atoms with E-state index < -0.39 is 10.0 Å². The van der Waals surface area contributed by atoms with Gasteiger partial charge in [-0.2, -0.15) is 4.31 Å². The van der Waals surface area contributed by atoms with Crippen LogP contribution in [-0.4, -0.2) is 36.8 Å². The number of hydrogen-bond donors (Lipinski definition) is 1. The van der Waals surface area contributed by atoms with Gasteiger partial charge >= 0.3 is 0 Å². The molecular formula is C16H25N3O2S. The van der Waals surface area contributed by atoms with E-state index >= 15 is 0 Å². The lowest BCUT2D eigenvalue weighted by Crippen LogP contribution is -2.28. The van der Waals surface area contributed by atoms with Crippen LogP contribution in [0.25, 0.3) is 0 Å². The molecule has 1 aliphatic carbocycles. The van der Waals surface area contributed by atoms with Crippen molar-refractivity contribution in [3.8, 4) is 0 Å². The van der Waals surface area contributed by atoms with Crippen LogP contribution in [0, 0.1) is 5.92 Å². The number of sulfonamides is 1. The van der Waals surface area contributed by atoms with Crippen LogP contribution in [0.5, 0.6) is 0 Å². The smallest absolute Gasteiger partial charge is 0.244 e. The number of aromatic nitrogens is 1. The van der Waals surface area contributed by atoms with Crippen molar-refractivity contribution in [1.82, 2.24) is 9.29 Å². The molecule has 0 atom stereocenters. The number of nitrogens with zero attached hydrogens (tertiary/aromatic N) is 2. The Morgan fingerprint density at radius 2 is 1.82 bits per heavy atom. The Hall–Kier alpha value is -1.14. The van der Waals surface area contributed by atoms with Crippen molar-refractivity contribution in [1.29, 1.82) is 0 Å². The van der Waals surface area contributed by atoms with Crippen molar-refractivity contribution in [2.24, 2.45) is 5.92 Å². The Morgan fingerprint density at radius 1 is 1.14 bits per heavy atom. The van der Waals surface area contributed by atoms with Gasteiger partial charge in [-0.05, 0) is 56.6 Å². The van der Waals surface area contributed by atoms with Gasteiger partial charge in [0.1, 0.15) is 10.7 Å². The Bertz CT molecular complexity index is 586. The van der Waals surface area contributed by atoms with Crippen LogP contribution in [0.15, 0.2) is 23.2 Å². The molecule has 1 saturated carbocycles. The summed E-state index contributed by atoms with van der Waals surface area (Å²) in [5.74, 6) is 1.60. The minimum atomic E-state index is -3.35. The van der Waals surface area contributed by atoms with Gasteiger partial charge in [0.15, 0.2) is 0 Å². The van der Waals surface area contributed by atoms with Crippen LogP contribution < -0.4 is 5.32 Å². The van der Waals surface area contributed by atoms with Gasteiger partial charge in [0.05, 0.1) is 0 Å². The molecule has 22 heavy (non-hydrogen) atoms. The maximum absolute atomic E-state index is 12.4. The van der Waals surface area contributed by atoms with Crippen LogP contribution >= 0.6 is 0 Å². The lowest BCUT2D eigenvalue weighted by Gasteiger charge is -2.27. The first-order valence-corrected chi connectivity index (χ1v) is 9.72. The molecule has 2 heterocycles. The molecule has 6 heteroatoms. The normalized spacial score (nSPS) is 27.0. The second-order valence-electron chi connectivity index (χ2n) is 6.59. The molecule has 0 aromatic carbocycles. The fraction of sp³-hybridized carbons (Fsp3) is 0.688. The Balaban J connectivity index is 1.65. The highest BCUT2D eigenvalue weighted by Crippen LogP contribution is 2.26. The van der Waals surface area contributed by atoms with E-state index in [0.717, 1.165) is 37.4 Å². The first-order chi connectivity index (χ1) is 10.6. The summed E-state index contributed by atoms with van der Waals surface area (Å²) >= 11 is 0. The summed E-state index contributed by atoms with van der Waals surface area (Å²) in [6.45, 7) is 3.55. The van der Waals surface area contributed by atoms with Crippen molar-refractivity contribution in [3.05, 3.63) is 18.3 Å². The van der Waals surface area contributed by atoms with E-state index in [9.17, 15) is 8.42 Å². The molecule has 2 aliphatic rings. The molecule has 2 fully saturated rings. The molecule has 1 aliphatic heterocycles. The zero-order valence-electron chi connectivity index (χ0n) is 13.2. The highest BCUT2D eigenvalue weighted by atomic mass is 32.2. The number of nitrogens with one attached hydrogen (secondary N) is 1. The van der Waals surface area contributed by atoms with Gasteiger partial charge in [-0.15, -0.1) is 0 Å². The van der Waals surface area contributed by atoms with E-state index in [-0.39, 0.29) is 0 Å². The van der Waals surface area contributed by atoms with E-state index in [4.69, 9.17) is 0 Å². The van der Waals surface area contributed by atoms with Crippen molar-refractivity contribution in [2.45, 2.75) is 56.4 Å². The monoisotopic (exact) mass is 323 g/mol. The summed E-state index contributed by atoms with van der Waals surface area (Å²) in [6, 6.07) is 3.93. The number of pyridine rings is 1. The average molecular weight is 323 g/mol. The molecule has 0 radical (unpaired) electrons. The number of hydrogen-bond acceptors (Lipinski definition) is 4. The third-order valence-corrected chi connectivity index (χ3v) is 6.69. The fourth-order valence-electron chi connectivity index (χ4n) is 3.31. The first kappa shape index (κ1) is 15.7. The lowest BCUT2D eigenvalue weighted by molar-refractivity contribution is 0.361. The molecule has 0 spiro atoms. The molecule has 0 bridgehead atoms. The second kappa shape index (κ2) is 6.54. The SMILES string of the molecule is CC1CCC(Nc2ccc(S(=O)(=O)N3CCCC3)cn2)CC1. The molecule has 3 rings (SSSR count). The van der Waals surface area contributed by atoms with E-state index in [1.54, 1.807) is 16.4 Å². The van der Waals surface area contributed by atoms with Crippen molar-refractivity contribution >= 4 is 15.8 Å². The van der Waals surface area contributed by atoms with E-state index in [1.165, 1.54) is 19.0 Å². The van der Waals surface area contributed by atoms with Crippen molar-refractivity contribution in [2.75, 3.05) is 18.4 Å². The van der Waals surface area contributed by atoms with E-state index in [2.05, 4.69) is 17.2 Å². The Morgan fingerprint density at radius 3 is 2.41 bits per heavy atom. The average Bonchev–Trinajstić information content (AvgIpc) is 3.05. The highest BCUT2D eigenvalue weighted by Gasteiger charge is 2.27. The van der Waals surface area contributed by atoms with Gasteiger partial charge in [-0.25, -0.2) is 13.4 Å². The van der Waals surface area contributed by atoms with Crippen LogP contribution in [0.4, 0.5) is 5.82 Å². The fourth-order valence-corrected chi connectivity index (χ4v) is 4.77. The van der Waals surface area contributed by atoms with Crippen molar-refractivity contribution in [3.63, 3.8) is 0 Å². The van der Waals surface area contributed by atoms with Gasteiger partial charge in [-0.3, -0.25) is 0 Å². The third kappa shape index (κ3) is 3.43. The molecule has 1 N–H and O–H groups in total. The summed E-state index contributed by atoms with van der Waals surface area (Å²) in [5.41, 5.74) is 0. The van der Waals surface area contributed by atoms with Gasteiger partial charge in [0, 0.05) is 25.3 Å². The predicted molar refractivity (Wildman–Crippen MR) is 87.3 cm³/mol. The number of rotatable bonds is 4. The molecule has 0 amide bonds. The van der Waals surface area contributed by atoms with Crippen LogP contribution in [0.2, 0.25) is 0 Å². The lowest BCUT2D eigenvalue weighted by atomic mass is 9.87. The van der Waals surface area contributed by atoms with Gasteiger partial charge in [0.25, 0.3) is 0 Å². The quantitative estimate of drug-likeness (QED) is 0.925. The summed E-state index contributed by atoms with van der Waals surface area (Å²) in [7, 11) is -3.35. The summed E-state index contributed by atoms with van der Waals surface area (Å²) in [6.07, 6.45) is 8.21. The number of anilines is 1. The minimum absolute atomic E-state index is 0.303. The topological polar surface area (TPSA) is 62.3 Å². The van der Waals surface area contributed by atoms with E-state index in [1.807, 2.05) is 0 Å². The zero-order valence-corrected chi connectivity index (χ0v) is 14.0. The standard InChI is InChI=1S/C16H25N3O2S/c1-13-4-6-14(7-5-13)18-16-9-8-15(12-17-16)22(20,21)19-10-2-3-11-19/h8-9,12-14H,2-7,10-11H2,1H3,(H,17,18). The van der Waals surface area contributed by atoms with Crippen LogP contribution in [0.3, 0.4) is 0 Å². The third-order valence-electron chi connectivity index (χ3n) is 4.81. The van der Waals surface area contributed by atoms with Crippen molar-refractivity contribution < 1.29 is 8.42 Å². The van der Waals surface area contributed by atoms with Gasteiger partial charge < -0.3 is 5.32 Å². The molecule has 5 nitrogen and oxygen atoms in total. The minimum Gasteiger partial charge on any atom is -0.367 e. The first-order valence-electron chi connectivity index (χ1n) is 8.28. The predicted octanol–water partition coefficient (Wildman–Crippen LogP) is 2.86. The van der Waals surface area contributed by atoms with Crippen LogP contribution in [0.1, 0.15) is 45.4 Å². The zero-order chi connectivity index (χ0) is 15.6. The summed E-state index contributed by atoms with van der Waals surface area (Å²) in [5, 5.41) is 3.43. The maximum Gasteiger partial charge on any atom is 0.244 e. The van der Waals surface area contributed by atoms with Gasteiger partial charge in [0.2, 0.25) is 10.0 Å². The molecule has 1 aromatic rings. The molecule has 1 aromatic heterocycles. The second-order valence-corrected chi connectivity index (χ2v) is 8.53. The van der Waals surface area contributed by atoms with Crippen LogP contribution in [-0.2, 0) is 10.0 Å². The summed E-state index contributed by atoms with van der Waals surface area (Å²) in [4.78, 5) is 4.62.